The van der Waals surface area contributed by atoms with E-state index in [0.717, 1.165) is 6.42 Å². The molecule has 0 aliphatic carbocycles. The fraction of sp³-hybridized carbons (Fsp3) is 0.0476. The second-order valence-corrected chi connectivity index (χ2v) is 5.46. The third-order valence-corrected chi connectivity index (χ3v) is 4.11. The molecule has 21 heavy (non-hydrogen) atoms. The van der Waals surface area contributed by atoms with E-state index in [4.69, 9.17) is 0 Å². The van der Waals surface area contributed by atoms with Crippen LogP contribution >= 0.6 is 0 Å². The number of fused-ring (bicyclic) bond motifs is 3. The van der Waals surface area contributed by atoms with E-state index in [1.165, 1.54) is 32.7 Å². The third-order valence-electron chi connectivity index (χ3n) is 4.11. The summed E-state index contributed by atoms with van der Waals surface area (Å²) in [7, 11) is 0. The van der Waals surface area contributed by atoms with Crippen molar-refractivity contribution in [2.45, 2.75) is 6.42 Å². The lowest BCUT2D eigenvalue weighted by Crippen LogP contribution is -1.90. The van der Waals surface area contributed by atoms with Crippen molar-refractivity contribution in [1.82, 2.24) is 0 Å². The molecule has 4 aromatic carbocycles. The monoisotopic (exact) mass is 268 g/mol. The molecule has 0 fully saturated rings. The van der Waals surface area contributed by atoms with Crippen LogP contribution in [0.3, 0.4) is 0 Å². The molecule has 4 rings (SSSR count). The Labute approximate surface area is 124 Å². The van der Waals surface area contributed by atoms with Gasteiger partial charge in [-0.25, -0.2) is 0 Å². The van der Waals surface area contributed by atoms with Gasteiger partial charge in [0, 0.05) is 0 Å². The predicted octanol–water partition coefficient (Wildman–Crippen LogP) is 5.58. The molecule has 0 radical (unpaired) electrons. The van der Waals surface area contributed by atoms with Crippen molar-refractivity contribution in [1.29, 1.82) is 0 Å². The molecule has 0 nitrogen and oxygen atoms in total. The summed E-state index contributed by atoms with van der Waals surface area (Å²) < 4.78 is 0. The molecule has 100 valence electrons. The quantitative estimate of drug-likeness (QED) is 0.416. The molecule has 0 bridgehead atoms. The molecule has 0 saturated carbocycles. The van der Waals surface area contributed by atoms with E-state index in [-0.39, 0.29) is 0 Å². The molecule has 0 N–H and O–H groups in total. The largest absolute Gasteiger partial charge is 0.0622 e. The van der Waals surface area contributed by atoms with Crippen LogP contribution in [-0.4, -0.2) is 0 Å². The van der Waals surface area contributed by atoms with Gasteiger partial charge in [0.25, 0.3) is 0 Å². The van der Waals surface area contributed by atoms with E-state index >= 15 is 0 Å². The van der Waals surface area contributed by atoms with Crippen molar-refractivity contribution >= 4 is 21.5 Å². The lowest BCUT2D eigenvalue weighted by atomic mass is 9.95. The SMILES string of the molecule is c1ccc(Cc2cccc3c2ccc2ccccc23)cc1. The minimum Gasteiger partial charge on any atom is -0.0622 e. The Hall–Kier alpha value is -2.60. The van der Waals surface area contributed by atoms with Gasteiger partial charge in [-0.05, 0) is 39.1 Å². The van der Waals surface area contributed by atoms with E-state index < -0.39 is 0 Å². The number of benzene rings is 4. The summed E-state index contributed by atoms with van der Waals surface area (Å²) in [4.78, 5) is 0. The molecular formula is C21H16. The maximum absolute atomic E-state index is 2.26. The smallest absolute Gasteiger partial charge is 0.00196 e. The highest BCUT2D eigenvalue weighted by atomic mass is 14.1. The molecule has 0 heterocycles. The molecular weight excluding hydrogens is 252 g/mol. The normalized spacial score (nSPS) is 11.0. The van der Waals surface area contributed by atoms with E-state index in [1.54, 1.807) is 0 Å². The van der Waals surface area contributed by atoms with Crippen LogP contribution < -0.4 is 0 Å². The zero-order chi connectivity index (χ0) is 14.1. The van der Waals surface area contributed by atoms with Crippen LogP contribution in [0.4, 0.5) is 0 Å². The lowest BCUT2D eigenvalue weighted by Gasteiger charge is -2.09. The Balaban J connectivity index is 1.92. The van der Waals surface area contributed by atoms with Gasteiger partial charge in [-0.15, -0.1) is 0 Å². The summed E-state index contributed by atoms with van der Waals surface area (Å²) in [5, 5.41) is 5.35. The van der Waals surface area contributed by atoms with Gasteiger partial charge in [0.15, 0.2) is 0 Å². The fourth-order valence-corrected chi connectivity index (χ4v) is 3.08. The Morgan fingerprint density at radius 3 is 2.14 bits per heavy atom. The first kappa shape index (κ1) is 12.2. The molecule has 0 aromatic heterocycles. The van der Waals surface area contributed by atoms with E-state index in [1.807, 2.05) is 0 Å². The van der Waals surface area contributed by atoms with Crippen LogP contribution in [0.25, 0.3) is 21.5 Å². The van der Waals surface area contributed by atoms with Crippen molar-refractivity contribution in [3.63, 3.8) is 0 Å². The predicted molar refractivity (Wildman–Crippen MR) is 90.7 cm³/mol. The van der Waals surface area contributed by atoms with Gasteiger partial charge in [-0.3, -0.25) is 0 Å². The standard InChI is InChI=1S/C21H16/c1-2-7-16(8-3-1)15-18-10-6-12-21-19-11-5-4-9-17(19)13-14-20(18)21/h1-14H,15H2. The Kier molecular flexibility index (Phi) is 2.93. The number of hydrogen-bond acceptors (Lipinski definition) is 0. The first-order valence-corrected chi connectivity index (χ1v) is 7.35. The van der Waals surface area contributed by atoms with Crippen LogP contribution in [-0.2, 0) is 6.42 Å². The van der Waals surface area contributed by atoms with Gasteiger partial charge in [-0.1, -0.05) is 84.9 Å². The van der Waals surface area contributed by atoms with Crippen molar-refractivity contribution in [3.05, 3.63) is 96.1 Å². The molecule has 0 aliphatic heterocycles. The maximum atomic E-state index is 2.26. The fourth-order valence-electron chi connectivity index (χ4n) is 3.08. The highest BCUT2D eigenvalue weighted by Gasteiger charge is 2.05. The van der Waals surface area contributed by atoms with Crippen molar-refractivity contribution in [3.8, 4) is 0 Å². The summed E-state index contributed by atoms with van der Waals surface area (Å²) >= 11 is 0. The Morgan fingerprint density at radius 1 is 0.476 bits per heavy atom. The zero-order valence-corrected chi connectivity index (χ0v) is 11.8. The topological polar surface area (TPSA) is 0 Å². The average molecular weight is 268 g/mol. The molecule has 0 saturated heterocycles. The highest BCUT2D eigenvalue weighted by molar-refractivity contribution is 6.08. The van der Waals surface area contributed by atoms with Gasteiger partial charge in [0.05, 0.1) is 0 Å². The number of hydrogen-bond donors (Lipinski definition) is 0. The first-order chi connectivity index (χ1) is 10.4. The number of rotatable bonds is 2. The van der Waals surface area contributed by atoms with E-state index in [9.17, 15) is 0 Å². The van der Waals surface area contributed by atoms with E-state index in [2.05, 4.69) is 84.9 Å². The van der Waals surface area contributed by atoms with Gasteiger partial charge in [-0.2, -0.15) is 0 Å². The Bertz CT molecular complexity index is 905. The molecule has 0 amide bonds. The summed E-state index contributed by atoms with van der Waals surface area (Å²) in [6, 6.07) is 30.4. The molecule has 0 atom stereocenters. The van der Waals surface area contributed by atoms with Crippen LogP contribution in [0.5, 0.6) is 0 Å². The minimum absolute atomic E-state index is 0.983. The van der Waals surface area contributed by atoms with Crippen molar-refractivity contribution in [2.75, 3.05) is 0 Å². The second-order valence-electron chi connectivity index (χ2n) is 5.46. The van der Waals surface area contributed by atoms with Gasteiger partial charge in [0.2, 0.25) is 0 Å². The van der Waals surface area contributed by atoms with Crippen molar-refractivity contribution in [2.24, 2.45) is 0 Å². The summed E-state index contributed by atoms with van der Waals surface area (Å²) in [5.41, 5.74) is 2.75. The van der Waals surface area contributed by atoms with Crippen molar-refractivity contribution < 1.29 is 0 Å². The van der Waals surface area contributed by atoms with Gasteiger partial charge in [0.1, 0.15) is 0 Å². The molecule has 0 spiro atoms. The lowest BCUT2D eigenvalue weighted by molar-refractivity contribution is 1.21. The maximum Gasteiger partial charge on any atom is -0.00196 e. The van der Waals surface area contributed by atoms with E-state index in [0.29, 0.717) is 0 Å². The first-order valence-electron chi connectivity index (χ1n) is 7.35. The molecule has 4 aromatic rings. The highest BCUT2D eigenvalue weighted by Crippen LogP contribution is 2.28. The summed E-state index contributed by atoms with van der Waals surface area (Å²) in [6.45, 7) is 0. The van der Waals surface area contributed by atoms with Crippen LogP contribution in [0.15, 0.2) is 84.9 Å². The molecule has 0 heteroatoms. The second kappa shape index (κ2) is 5.06. The van der Waals surface area contributed by atoms with Gasteiger partial charge < -0.3 is 0 Å². The minimum atomic E-state index is 0.983. The third kappa shape index (κ3) is 2.19. The van der Waals surface area contributed by atoms with Crippen LogP contribution in [0.2, 0.25) is 0 Å². The van der Waals surface area contributed by atoms with Gasteiger partial charge >= 0.3 is 0 Å². The van der Waals surface area contributed by atoms with Crippen LogP contribution in [0.1, 0.15) is 11.1 Å². The molecule has 0 aliphatic rings. The molecule has 0 unspecified atom stereocenters. The summed E-state index contributed by atoms with van der Waals surface area (Å²) in [6.07, 6.45) is 0.983. The summed E-state index contributed by atoms with van der Waals surface area (Å²) in [5.74, 6) is 0. The zero-order valence-electron chi connectivity index (χ0n) is 11.8. The van der Waals surface area contributed by atoms with Crippen LogP contribution in [0, 0.1) is 0 Å². The average Bonchev–Trinajstić information content (AvgIpc) is 2.56. The Morgan fingerprint density at radius 2 is 1.24 bits per heavy atom.